The maximum atomic E-state index is 11.0. The molecular formula is C17H24ClNO2. The molecule has 0 aliphatic heterocycles. The van der Waals surface area contributed by atoms with Crippen molar-refractivity contribution in [1.82, 2.24) is 5.32 Å². The van der Waals surface area contributed by atoms with Crippen LogP contribution in [0.1, 0.15) is 43.7 Å². The fraction of sp³-hybridized carbons (Fsp3) is 0.471. The molecule has 0 aromatic heterocycles. The van der Waals surface area contributed by atoms with Crippen molar-refractivity contribution >= 4 is 17.5 Å². The third-order valence-electron chi connectivity index (χ3n) is 3.23. The number of amides is 1. The molecule has 4 heteroatoms. The van der Waals surface area contributed by atoms with Crippen molar-refractivity contribution in [2.24, 2.45) is 0 Å². The Labute approximate surface area is 132 Å². The molecule has 0 saturated heterocycles. The number of unbranched alkanes of at least 4 members (excludes halogenated alkanes) is 1. The highest BCUT2D eigenvalue weighted by atomic mass is 35.5. The normalized spacial score (nSPS) is 10.5. The molecule has 0 bridgehead atoms. The van der Waals surface area contributed by atoms with Crippen LogP contribution in [0.4, 0.5) is 0 Å². The number of aryl methyl sites for hydroxylation is 1. The van der Waals surface area contributed by atoms with E-state index in [-0.39, 0.29) is 5.91 Å². The van der Waals surface area contributed by atoms with Gasteiger partial charge >= 0.3 is 0 Å². The van der Waals surface area contributed by atoms with Gasteiger partial charge in [0.2, 0.25) is 5.91 Å². The van der Waals surface area contributed by atoms with Crippen LogP contribution in [0, 0.1) is 6.92 Å². The number of benzene rings is 1. The van der Waals surface area contributed by atoms with Crippen LogP contribution < -0.4 is 10.1 Å². The second-order valence-corrected chi connectivity index (χ2v) is 5.75. The zero-order valence-electron chi connectivity index (χ0n) is 13.0. The first-order chi connectivity index (χ1) is 9.95. The first-order valence-electron chi connectivity index (χ1n) is 7.28. The summed E-state index contributed by atoms with van der Waals surface area (Å²) in [6, 6.07) is 3.98. The molecule has 0 aliphatic carbocycles. The molecule has 0 unspecified atom stereocenters. The number of rotatable bonds is 8. The summed E-state index contributed by atoms with van der Waals surface area (Å²) in [6.45, 7) is 10.9. The zero-order chi connectivity index (χ0) is 15.8. The van der Waals surface area contributed by atoms with Crippen LogP contribution in [0.5, 0.6) is 5.75 Å². The van der Waals surface area contributed by atoms with Gasteiger partial charge in [0.05, 0.1) is 6.61 Å². The van der Waals surface area contributed by atoms with E-state index in [4.69, 9.17) is 16.3 Å². The van der Waals surface area contributed by atoms with Crippen molar-refractivity contribution in [2.75, 3.05) is 13.2 Å². The maximum absolute atomic E-state index is 11.0. The van der Waals surface area contributed by atoms with Crippen LogP contribution in [-0.4, -0.2) is 19.1 Å². The van der Waals surface area contributed by atoms with Crippen molar-refractivity contribution in [3.05, 3.63) is 40.9 Å². The fourth-order valence-corrected chi connectivity index (χ4v) is 2.11. The highest BCUT2D eigenvalue weighted by molar-refractivity contribution is 6.31. The molecule has 1 amide bonds. The predicted molar refractivity (Wildman–Crippen MR) is 88.2 cm³/mol. The minimum atomic E-state index is -0.133. The zero-order valence-corrected chi connectivity index (χ0v) is 13.8. The van der Waals surface area contributed by atoms with E-state index in [1.165, 1.54) is 6.08 Å². The van der Waals surface area contributed by atoms with Gasteiger partial charge in [-0.15, -0.1) is 0 Å². The van der Waals surface area contributed by atoms with Crippen LogP contribution in [0.25, 0.3) is 0 Å². The Morgan fingerprint density at radius 2 is 2.14 bits per heavy atom. The van der Waals surface area contributed by atoms with Gasteiger partial charge in [0.15, 0.2) is 0 Å². The summed E-state index contributed by atoms with van der Waals surface area (Å²) in [5, 5.41) is 3.52. The molecule has 1 N–H and O–H groups in total. The smallest absolute Gasteiger partial charge is 0.243 e. The van der Waals surface area contributed by atoms with E-state index in [1.807, 2.05) is 19.1 Å². The number of ether oxygens (including phenoxy) is 1. The molecule has 21 heavy (non-hydrogen) atoms. The number of carbonyl (C=O) groups excluding carboxylic acids is 1. The highest BCUT2D eigenvalue weighted by Gasteiger charge is 2.10. The third-order valence-corrected chi connectivity index (χ3v) is 3.63. The first kappa shape index (κ1) is 17.6. The number of nitrogens with one attached hydrogen (secondary N) is 1. The Bertz CT molecular complexity index is 498. The highest BCUT2D eigenvalue weighted by Crippen LogP contribution is 2.32. The maximum Gasteiger partial charge on any atom is 0.243 e. The number of halogens is 1. The van der Waals surface area contributed by atoms with E-state index in [2.05, 4.69) is 25.7 Å². The monoisotopic (exact) mass is 309 g/mol. The van der Waals surface area contributed by atoms with Crippen molar-refractivity contribution in [3.63, 3.8) is 0 Å². The molecule has 1 rings (SSSR count). The lowest BCUT2D eigenvalue weighted by Gasteiger charge is -2.16. The Balaban J connectivity index is 2.46. The van der Waals surface area contributed by atoms with Gasteiger partial charge in [-0.05, 0) is 55.0 Å². The SMILES string of the molecule is C=CC(=O)NCCCCOc1cc(C)c(Cl)cc1C(C)C. The summed E-state index contributed by atoms with van der Waals surface area (Å²) in [7, 11) is 0. The Kier molecular flexibility index (Phi) is 7.30. The van der Waals surface area contributed by atoms with Crippen LogP contribution in [0.15, 0.2) is 24.8 Å². The van der Waals surface area contributed by atoms with E-state index in [0.717, 1.165) is 34.7 Å². The average Bonchev–Trinajstić information content (AvgIpc) is 2.45. The molecule has 0 aliphatic rings. The van der Waals surface area contributed by atoms with E-state index >= 15 is 0 Å². The van der Waals surface area contributed by atoms with Crippen molar-refractivity contribution in [2.45, 2.75) is 39.5 Å². The molecule has 0 fully saturated rings. The van der Waals surface area contributed by atoms with Crippen LogP contribution in [-0.2, 0) is 4.79 Å². The lowest BCUT2D eigenvalue weighted by atomic mass is 10.0. The molecule has 0 radical (unpaired) electrons. The third kappa shape index (κ3) is 5.80. The second-order valence-electron chi connectivity index (χ2n) is 5.34. The van der Waals surface area contributed by atoms with E-state index < -0.39 is 0 Å². The first-order valence-corrected chi connectivity index (χ1v) is 7.66. The molecule has 0 saturated carbocycles. The van der Waals surface area contributed by atoms with Crippen molar-refractivity contribution in [3.8, 4) is 5.75 Å². The van der Waals surface area contributed by atoms with Crippen molar-refractivity contribution in [1.29, 1.82) is 0 Å². The molecule has 0 heterocycles. The number of hydrogen-bond donors (Lipinski definition) is 1. The van der Waals surface area contributed by atoms with Gasteiger partial charge < -0.3 is 10.1 Å². The molecule has 116 valence electrons. The molecule has 0 atom stereocenters. The molecular weight excluding hydrogens is 286 g/mol. The minimum Gasteiger partial charge on any atom is -0.493 e. The van der Waals surface area contributed by atoms with Gasteiger partial charge in [-0.25, -0.2) is 0 Å². The Morgan fingerprint density at radius 1 is 1.43 bits per heavy atom. The van der Waals surface area contributed by atoms with Gasteiger partial charge in [0.1, 0.15) is 5.75 Å². The van der Waals surface area contributed by atoms with Gasteiger partial charge in [-0.2, -0.15) is 0 Å². The van der Waals surface area contributed by atoms with Crippen molar-refractivity contribution < 1.29 is 9.53 Å². The lowest BCUT2D eigenvalue weighted by Crippen LogP contribution is -2.22. The summed E-state index contributed by atoms with van der Waals surface area (Å²) in [5.41, 5.74) is 2.15. The lowest BCUT2D eigenvalue weighted by molar-refractivity contribution is -0.116. The molecule has 3 nitrogen and oxygen atoms in total. The van der Waals surface area contributed by atoms with Crippen LogP contribution >= 0.6 is 11.6 Å². The minimum absolute atomic E-state index is 0.133. The fourth-order valence-electron chi connectivity index (χ4n) is 1.94. The largest absolute Gasteiger partial charge is 0.493 e. The number of hydrogen-bond acceptors (Lipinski definition) is 2. The summed E-state index contributed by atoms with van der Waals surface area (Å²) >= 11 is 6.17. The van der Waals surface area contributed by atoms with Gasteiger partial charge in [-0.1, -0.05) is 32.0 Å². The predicted octanol–water partition coefficient (Wildman–Crippen LogP) is 4.23. The van der Waals surface area contributed by atoms with E-state index in [0.29, 0.717) is 19.1 Å². The summed E-state index contributed by atoms with van der Waals surface area (Å²) in [6.07, 6.45) is 3.04. The van der Waals surface area contributed by atoms with Crippen LogP contribution in [0.2, 0.25) is 5.02 Å². The van der Waals surface area contributed by atoms with Crippen LogP contribution in [0.3, 0.4) is 0 Å². The number of carbonyl (C=O) groups is 1. The van der Waals surface area contributed by atoms with E-state index in [9.17, 15) is 4.79 Å². The summed E-state index contributed by atoms with van der Waals surface area (Å²) in [5.74, 6) is 1.14. The molecule has 1 aromatic rings. The van der Waals surface area contributed by atoms with Gasteiger partial charge in [-0.3, -0.25) is 4.79 Å². The molecule has 0 spiro atoms. The summed E-state index contributed by atoms with van der Waals surface area (Å²) in [4.78, 5) is 11.0. The quantitative estimate of drug-likeness (QED) is 0.576. The molecule has 1 aromatic carbocycles. The topological polar surface area (TPSA) is 38.3 Å². The standard InChI is InChI=1S/C17H24ClNO2/c1-5-17(20)19-8-6-7-9-21-16-10-13(4)15(18)11-14(16)12(2)3/h5,10-12H,1,6-9H2,2-4H3,(H,19,20). The van der Waals surface area contributed by atoms with E-state index in [1.54, 1.807) is 0 Å². The van der Waals surface area contributed by atoms with Gasteiger partial charge in [0.25, 0.3) is 0 Å². The average molecular weight is 310 g/mol. The Morgan fingerprint density at radius 3 is 2.76 bits per heavy atom. The Hall–Kier alpha value is -1.48. The van der Waals surface area contributed by atoms with Gasteiger partial charge in [0, 0.05) is 11.6 Å². The second kappa shape index (κ2) is 8.73. The summed E-state index contributed by atoms with van der Waals surface area (Å²) < 4.78 is 5.88.